The minimum Gasteiger partial charge on any atom is -0.508 e. The van der Waals surface area contributed by atoms with Gasteiger partial charge in [-0.15, -0.1) is 0 Å². The number of aromatic hydroxyl groups is 1. The van der Waals surface area contributed by atoms with E-state index < -0.39 is 0 Å². The summed E-state index contributed by atoms with van der Waals surface area (Å²) in [6, 6.07) is 12.7. The molecule has 0 atom stereocenters. The Morgan fingerprint density at radius 1 is 1.11 bits per heavy atom. The molecule has 90 valence electrons. The zero-order valence-corrected chi connectivity index (χ0v) is 10.5. The molecule has 1 heterocycles. The molecule has 18 heavy (non-hydrogen) atoms. The Morgan fingerprint density at radius 2 is 1.83 bits per heavy atom. The van der Waals surface area contributed by atoms with Crippen LogP contribution in [0.1, 0.15) is 0 Å². The lowest BCUT2D eigenvalue weighted by atomic mass is 10.2. The van der Waals surface area contributed by atoms with E-state index in [2.05, 4.69) is 4.98 Å². The van der Waals surface area contributed by atoms with Gasteiger partial charge in [0, 0.05) is 17.6 Å². The van der Waals surface area contributed by atoms with E-state index in [0.717, 1.165) is 22.4 Å². The average molecular weight is 259 g/mol. The summed E-state index contributed by atoms with van der Waals surface area (Å²) in [7, 11) is 1.96. The first kappa shape index (κ1) is 11.1. The van der Waals surface area contributed by atoms with Crippen LogP contribution in [-0.2, 0) is 7.05 Å². The zero-order valence-electron chi connectivity index (χ0n) is 9.76. The van der Waals surface area contributed by atoms with E-state index in [1.807, 2.05) is 41.9 Å². The van der Waals surface area contributed by atoms with Crippen molar-refractivity contribution in [3.8, 4) is 17.1 Å². The molecule has 0 bridgehead atoms. The van der Waals surface area contributed by atoms with Gasteiger partial charge in [-0.2, -0.15) is 0 Å². The number of aryl methyl sites for hydroxylation is 1. The fourth-order valence-corrected chi connectivity index (χ4v) is 2.21. The summed E-state index contributed by atoms with van der Waals surface area (Å²) in [6.07, 6.45) is 0. The molecule has 0 unspecified atom stereocenters. The predicted molar refractivity (Wildman–Crippen MR) is 72.8 cm³/mol. The lowest BCUT2D eigenvalue weighted by Crippen LogP contribution is -1.91. The van der Waals surface area contributed by atoms with E-state index in [1.54, 1.807) is 12.1 Å². The van der Waals surface area contributed by atoms with Gasteiger partial charge in [0.25, 0.3) is 0 Å². The van der Waals surface area contributed by atoms with Gasteiger partial charge in [-0.05, 0) is 42.5 Å². The van der Waals surface area contributed by atoms with Gasteiger partial charge in [0.15, 0.2) is 0 Å². The number of phenolic OH excluding ortho intramolecular Hbond substituents is 1. The van der Waals surface area contributed by atoms with E-state index in [4.69, 9.17) is 11.6 Å². The number of imidazole rings is 1. The minimum absolute atomic E-state index is 0.251. The highest BCUT2D eigenvalue weighted by Gasteiger charge is 2.09. The number of hydrogen-bond acceptors (Lipinski definition) is 2. The summed E-state index contributed by atoms with van der Waals surface area (Å²) in [4.78, 5) is 4.57. The zero-order chi connectivity index (χ0) is 12.7. The Kier molecular flexibility index (Phi) is 2.49. The van der Waals surface area contributed by atoms with Gasteiger partial charge in [0.1, 0.15) is 11.6 Å². The van der Waals surface area contributed by atoms with Crippen LogP contribution < -0.4 is 0 Å². The molecule has 0 aliphatic heterocycles. The first-order chi connectivity index (χ1) is 8.65. The van der Waals surface area contributed by atoms with Crippen molar-refractivity contribution in [2.75, 3.05) is 0 Å². The van der Waals surface area contributed by atoms with Crippen molar-refractivity contribution >= 4 is 22.6 Å². The molecule has 0 spiro atoms. The normalized spacial score (nSPS) is 11.0. The summed E-state index contributed by atoms with van der Waals surface area (Å²) >= 11 is 5.96. The fourth-order valence-electron chi connectivity index (χ4n) is 2.04. The third-order valence-corrected chi connectivity index (χ3v) is 3.20. The molecule has 1 N–H and O–H groups in total. The third-order valence-electron chi connectivity index (χ3n) is 2.97. The van der Waals surface area contributed by atoms with Crippen LogP contribution >= 0.6 is 11.6 Å². The Balaban J connectivity index is 2.23. The van der Waals surface area contributed by atoms with Crippen LogP contribution in [0, 0.1) is 0 Å². The Hall–Kier alpha value is -2.00. The summed E-state index contributed by atoms with van der Waals surface area (Å²) in [5, 5.41) is 9.98. The number of fused-ring (bicyclic) bond motifs is 1. The highest BCUT2D eigenvalue weighted by molar-refractivity contribution is 6.31. The number of phenols is 1. The molecule has 0 amide bonds. The largest absolute Gasteiger partial charge is 0.508 e. The molecule has 0 saturated heterocycles. The molecule has 0 saturated carbocycles. The van der Waals surface area contributed by atoms with Crippen molar-refractivity contribution in [3.63, 3.8) is 0 Å². The van der Waals surface area contributed by atoms with Crippen molar-refractivity contribution in [2.24, 2.45) is 7.05 Å². The van der Waals surface area contributed by atoms with Gasteiger partial charge in [-0.3, -0.25) is 0 Å². The quantitative estimate of drug-likeness (QED) is 0.724. The van der Waals surface area contributed by atoms with Gasteiger partial charge in [-0.1, -0.05) is 11.6 Å². The van der Waals surface area contributed by atoms with E-state index in [-0.39, 0.29) is 5.75 Å². The van der Waals surface area contributed by atoms with E-state index in [0.29, 0.717) is 5.02 Å². The summed E-state index contributed by atoms with van der Waals surface area (Å²) in [5.74, 6) is 1.10. The number of benzene rings is 2. The predicted octanol–water partition coefficient (Wildman–Crippen LogP) is 3.60. The van der Waals surface area contributed by atoms with Gasteiger partial charge >= 0.3 is 0 Å². The fraction of sp³-hybridized carbons (Fsp3) is 0.0714. The molecular formula is C14H11ClN2O. The second-order valence-electron chi connectivity index (χ2n) is 4.17. The van der Waals surface area contributed by atoms with Crippen LogP contribution in [0.15, 0.2) is 42.5 Å². The van der Waals surface area contributed by atoms with E-state index >= 15 is 0 Å². The van der Waals surface area contributed by atoms with Crippen LogP contribution in [0.5, 0.6) is 5.75 Å². The van der Waals surface area contributed by atoms with Gasteiger partial charge in [0.05, 0.1) is 11.0 Å². The van der Waals surface area contributed by atoms with Crippen molar-refractivity contribution in [2.45, 2.75) is 0 Å². The molecule has 3 aromatic rings. The van der Waals surface area contributed by atoms with Crippen molar-refractivity contribution < 1.29 is 5.11 Å². The van der Waals surface area contributed by atoms with Crippen LogP contribution in [-0.4, -0.2) is 14.7 Å². The monoisotopic (exact) mass is 258 g/mol. The molecule has 3 rings (SSSR count). The number of hydrogen-bond donors (Lipinski definition) is 1. The summed E-state index contributed by atoms with van der Waals surface area (Å²) < 4.78 is 2.01. The maximum absolute atomic E-state index is 9.30. The maximum atomic E-state index is 9.30. The van der Waals surface area contributed by atoms with Gasteiger partial charge < -0.3 is 9.67 Å². The SMILES string of the molecule is Cn1c(-c2ccc(O)cc2)nc2cc(Cl)ccc21. The minimum atomic E-state index is 0.251. The smallest absolute Gasteiger partial charge is 0.140 e. The summed E-state index contributed by atoms with van der Waals surface area (Å²) in [6.45, 7) is 0. The van der Waals surface area contributed by atoms with Crippen LogP contribution in [0.3, 0.4) is 0 Å². The third kappa shape index (κ3) is 1.73. The molecular weight excluding hydrogens is 248 g/mol. The average Bonchev–Trinajstić information content (AvgIpc) is 2.67. The second kappa shape index (κ2) is 4.03. The number of nitrogens with zero attached hydrogens (tertiary/aromatic N) is 2. The highest BCUT2D eigenvalue weighted by Crippen LogP contribution is 2.26. The number of halogens is 1. The second-order valence-corrected chi connectivity index (χ2v) is 4.61. The topological polar surface area (TPSA) is 38.0 Å². The molecule has 0 fully saturated rings. The van der Waals surface area contributed by atoms with Crippen LogP contribution in [0.25, 0.3) is 22.4 Å². The lowest BCUT2D eigenvalue weighted by Gasteiger charge is -2.02. The standard InChI is InChI=1S/C14H11ClN2O/c1-17-13-7-4-10(15)8-12(13)16-14(17)9-2-5-11(18)6-3-9/h2-8,18H,1H3. The molecule has 3 nitrogen and oxygen atoms in total. The molecule has 1 aromatic heterocycles. The van der Waals surface area contributed by atoms with Crippen LogP contribution in [0.2, 0.25) is 5.02 Å². The molecule has 0 aliphatic carbocycles. The Morgan fingerprint density at radius 3 is 2.56 bits per heavy atom. The van der Waals surface area contributed by atoms with Gasteiger partial charge in [0.2, 0.25) is 0 Å². The van der Waals surface area contributed by atoms with Gasteiger partial charge in [-0.25, -0.2) is 4.98 Å². The van der Waals surface area contributed by atoms with E-state index in [1.165, 1.54) is 0 Å². The number of aromatic nitrogens is 2. The molecule has 2 aromatic carbocycles. The molecule has 0 aliphatic rings. The molecule has 0 radical (unpaired) electrons. The summed E-state index contributed by atoms with van der Waals surface area (Å²) in [5.41, 5.74) is 2.86. The van der Waals surface area contributed by atoms with E-state index in [9.17, 15) is 5.11 Å². The van der Waals surface area contributed by atoms with Crippen molar-refractivity contribution in [1.29, 1.82) is 0 Å². The van der Waals surface area contributed by atoms with Crippen LogP contribution in [0.4, 0.5) is 0 Å². The molecule has 4 heteroatoms. The maximum Gasteiger partial charge on any atom is 0.140 e. The number of rotatable bonds is 1. The highest BCUT2D eigenvalue weighted by atomic mass is 35.5. The first-order valence-electron chi connectivity index (χ1n) is 5.56. The Bertz CT molecular complexity index is 716. The van der Waals surface area contributed by atoms with Crippen molar-refractivity contribution in [3.05, 3.63) is 47.5 Å². The lowest BCUT2D eigenvalue weighted by molar-refractivity contribution is 0.475. The van der Waals surface area contributed by atoms with Crippen molar-refractivity contribution in [1.82, 2.24) is 9.55 Å². The first-order valence-corrected chi connectivity index (χ1v) is 5.94. The Labute approximate surface area is 109 Å².